The van der Waals surface area contributed by atoms with Gasteiger partial charge in [0.05, 0.1) is 17.1 Å². The lowest BCUT2D eigenvalue weighted by atomic mass is 9.33. The van der Waals surface area contributed by atoms with Crippen LogP contribution in [0, 0.1) is 0 Å². The summed E-state index contributed by atoms with van der Waals surface area (Å²) in [6.45, 7) is 4.57. The Labute approximate surface area is 583 Å². The maximum atomic E-state index is 2.65. The monoisotopic (exact) mass is 1300 g/mol. The van der Waals surface area contributed by atoms with Crippen molar-refractivity contribution in [3.8, 4) is 22.3 Å². The van der Waals surface area contributed by atoms with Crippen molar-refractivity contribution < 1.29 is 0 Å². The maximum Gasteiger partial charge on any atom is 0.252 e. The topological polar surface area (TPSA) is 9.72 Å². The highest BCUT2D eigenvalue weighted by Gasteiger charge is 2.48. The molecule has 0 bridgehead atoms. The molecule has 99 heavy (non-hydrogen) atoms. The molecule has 0 spiro atoms. The first-order chi connectivity index (χ1) is 48.9. The Kier molecular flexibility index (Phi) is 14.7. The van der Waals surface area contributed by atoms with E-state index in [1.165, 1.54) is 103 Å². The van der Waals surface area contributed by atoms with Gasteiger partial charge in [-0.15, -0.1) is 0 Å². The third-order valence-electron chi connectivity index (χ3n) is 21.5. The zero-order valence-electron chi connectivity index (χ0n) is 55.4. The van der Waals surface area contributed by atoms with Crippen LogP contribution in [0.3, 0.4) is 0 Å². The molecule has 15 aromatic carbocycles. The van der Waals surface area contributed by atoms with Gasteiger partial charge in [0.2, 0.25) is 0 Å². The van der Waals surface area contributed by atoms with Crippen LogP contribution in [0.4, 0.5) is 51.2 Å². The number of para-hydroxylation sites is 2. The van der Waals surface area contributed by atoms with Gasteiger partial charge in [-0.3, -0.25) is 0 Å². The standard InChI is InChI=1S/C93H70BN3Si2/c1-93(2)82-53-27-29-55-86(82)97(87-56-30-28-54-83(87)93)73-65-90-92-91(66-73)96(72-38-32-52-81(64-72)99(77-45-21-8-22-46-77,78-47-23-9-24-48-78)79-49-25-10-26-50-79)89-60-58-70(68-35-13-4-14-36-68)62-85(89)94(92)84-61-69(67-33-11-3-12-34-67)57-59-88(84)95(90)71-37-31-51-80(63-71)98(74-39-15-5-16-40-74,75-41-17-6-18-42-75)76-43-19-7-20-44-76/h3-66H,1-2H3. The highest BCUT2D eigenvalue weighted by atomic mass is 28.3. The Morgan fingerprint density at radius 1 is 0.222 bits per heavy atom. The Morgan fingerprint density at radius 3 is 0.859 bits per heavy atom. The van der Waals surface area contributed by atoms with E-state index in [1.54, 1.807) is 0 Å². The van der Waals surface area contributed by atoms with Gasteiger partial charge >= 0.3 is 0 Å². The van der Waals surface area contributed by atoms with Gasteiger partial charge in [0.1, 0.15) is 0 Å². The number of rotatable bonds is 13. The summed E-state index contributed by atoms with van der Waals surface area (Å²) in [7, 11) is -6.12. The van der Waals surface area contributed by atoms with Crippen molar-refractivity contribution in [2.45, 2.75) is 19.3 Å². The molecule has 0 saturated carbocycles. The minimum atomic E-state index is -3.06. The summed E-state index contributed by atoms with van der Waals surface area (Å²) in [5.74, 6) is 0. The normalized spacial score (nSPS) is 13.4. The second-order valence-corrected chi connectivity index (χ2v) is 34.7. The summed E-state index contributed by atoms with van der Waals surface area (Å²) in [5, 5.41) is 10.6. The van der Waals surface area contributed by atoms with Crippen LogP contribution in [-0.2, 0) is 5.41 Å². The number of hydrogen-bond acceptors (Lipinski definition) is 3. The SMILES string of the molecule is CC1(C)c2ccccc2N(c2cc3c4c(c2)N(c2cccc([Si](c5ccccc5)(c5ccccc5)c5ccccc5)c2)c2ccc(-c5ccccc5)cc2B4c2cc(-c4ccccc4)ccc2N3c2cccc([Si](c3ccccc3)(c3ccccc3)c3ccccc3)c2)c2ccccc21. The Morgan fingerprint density at radius 2 is 0.515 bits per heavy atom. The summed E-state index contributed by atoms with van der Waals surface area (Å²) < 4.78 is 0. The van der Waals surface area contributed by atoms with Crippen molar-refractivity contribution in [1.82, 2.24) is 0 Å². The molecule has 468 valence electrons. The molecule has 3 aliphatic heterocycles. The average Bonchev–Trinajstić information content (AvgIpc) is 0.691. The third-order valence-corrected chi connectivity index (χ3v) is 31.0. The Bertz CT molecular complexity index is 4960. The van der Waals surface area contributed by atoms with Gasteiger partial charge in [0, 0.05) is 39.5 Å². The molecule has 0 amide bonds. The maximum absolute atomic E-state index is 3.06. The predicted octanol–water partition coefficient (Wildman–Crippen LogP) is 16.0. The molecular weight excluding hydrogens is 1230 g/mol. The zero-order chi connectivity index (χ0) is 66.1. The summed E-state index contributed by atoms with van der Waals surface area (Å²) in [6, 6.07) is 147. The van der Waals surface area contributed by atoms with Crippen molar-refractivity contribution in [3.63, 3.8) is 0 Å². The average molecular weight is 1300 g/mol. The van der Waals surface area contributed by atoms with Crippen LogP contribution in [0.1, 0.15) is 25.0 Å². The fourth-order valence-electron chi connectivity index (χ4n) is 17.1. The first-order valence-electron chi connectivity index (χ1n) is 34.6. The molecule has 0 aromatic heterocycles. The van der Waals surface area contributed by atoms with E-state index in [-0.39, 0.29) is 12.1 Å². The van der Waals surface area contributed by atoms with Gasteiger partial charge < -0.3 is 14.7 Å². The molecule has 0 atom stereocenters. The van der Waals surface area contributed by atoms with Gasteiger partial charge in [-0.1, -0.05) is 341 Å². The van der Waals surface area contributed by atoms with Crippen LogP contribution < -0.4 is 72.6 Å². The molecule has 0 saturated heterocycles. The van der Waals surface area contributed by atoms with Gasteiger partial charge in [0.25, 0.3) is 6.71 Å². The number of benzene rings is 15. The molecule has 0 aliphatic carbocycles. The minimum absolute atomic E-state index is 0.210. The summed E-state index contributed by atoms with van der Waals surface area (Å²) >= 11 is 0. The van der Waals surface area contributed by atoms with E-state index < -0.39 is 16.1 Å². The summed E-state index contributed by atoms with van der Waals surface area (Å²) in [4.78, 5) is 7.87. The first-order valence-corrected chi connectivity index (χ1v) is 38.6. The number of hydrogen-bond donors (Lipinski definition) is 0. The Balaban J connectivity index is 0.977. The fraction of sp³-hybridized carbons (Fsp3) is 0.0323. The number of fused-ring (bicyclic) bond motifs is 6. The zero-order valence-corrected chi connectivity index (χ0v) is 57.4. The van der Waals surface area contributed by atoms with Crippen LogP contribution in [0.5, 0.6) is 0 Å². The van der Waals surface area contributed by atoms with E-state index in [2.05, 4.69) is 417 Å². The van der Waals surface area contributed by atoms with Crippen LogP contribution in [0.25, 0.3) is 22.3 Å². The second kappa shape index (κ2) is 24.4. The molecule has 6 heteroatoms. The summed E-state index contributed by atoms with van der Waals surface area (Å²) in [5.41, 5.74) is 20.9. The fourth-order valence-corrected chi connectivity index (χ4v) is 26.7. The third kappa shape index (κ3) is 9.61. The lowest BCUT2D eigenvalue weighted by Crippen LogP contribution is -2.74. The smallest absolute Gasteiger partial charge is 0.252 e. The molecule has 15 aromatic rings. The van der Waals surface area contributed by atoms with E-state index in [1.807, 2.05) is 0 Å². The predicted molar refractivity (Wildman–Crippen MR) is 425 cm³/mol. The lowest BCUT2D eigenvalue weighted by Gasteiger charge is -2.46. The molecule has 3 nitrogen and oxygen atoms in total. The second-order valence-electron chi connectivity index (χ2n) is 27.1. The lowest BCUT2D eigenvalue weighted by molar-refractivity contribution is 0.632. The molecular formula is C93H70BN3Si2. The van der Waals surface area contributed by atoms with E-state index >= 15 is 0 Å². The van der Waals surface area contributed by atoms with Gasteiger partial charge in [-0.25, -0.2) is 0 Å². The largest absolute Gasteiger partial charge is 0.311 e. The van der Waals surface area contributed by atoms with E-state index in [9.17, 15) is 0 Å². The van der Waals surface area contributed by atoms with Gasteiger partial charge in [-0.2, -0.15) is 0 Å². The number of anilines is 9. The van der Waals surface area contributed by atoms with Gasteiger partial charge in [0.15, 0.2) is 16.1 Å². The van der Waals surface area contributed by atoms with Crippen LogP contribution >= 0.6 is 0 Å². The van der Waals surface area contributed by atoms with Crippen LogP contribution in [0.15, 0.2) is 388 Å². The highest BCUT2D eigenvalue weighted by molar-refractivity contribution is 7.20. The van der Waals surface area contributed by atoms with Crippen molar-refractivity contribution in [3.05, 3.63) is 399 Å². The molecule has 0 N–H and O–H groups in total. The van der Waals surface area contributed by atoms with Crippen molar-refractivity contribution >= 4 is 132 Å². The number of nitrogens with zero attached hydrogens (tertiary/aromatic N) is 3. The van der Waals surface area contributed by atoms with Gasteiger partial charge in [-0.05, 0) is 152 Å². The van der Waals surface area contributed by atoms with Crippen molar-refractivity contribution in [2.24, 2.45) is 0 Å². The van der Waals surface area contributed by atoms with E-state index in [4.69, 9.17) is 0 Å². The first kappa shape index (κ1) is 59.7. The van der Waals surface area contributed by atoms with Crippen molar-refractivity contribution in [1.29, 1.82) is 0 Å². The van der Waals surface area contributed by atoms with Crippen LogP contribution in [-0.4, -0.2) is 22.9 Å². The molecule has 0 unspecified atom stereocenters. The quantitative estimate of drug-likeness (QED) is 0.0841. The molecule has 0 radical (unpaired) electrons. The molecule has 0 fully saturated rings. The Hall–Kier alpha value is -11.8. The molecule has 18 rings (SSSR count). The van der Waals surface area contributed by atoms with Crippen LogP contribution in [0.2, 0.25) is 0 Å². The molecule has 3 aliphatic rings. The highest BCUT2D eigenvalue weighted by Crippen LogP contribution is 2.54. The van der Waals surface area contributed by atoms with E-state index in [0.29, 0.717) is 0 Å². The van der Waals surface area contributed by atoms with E-state index in [0.717, 1.165) is 39.8 Å². The molecule has 3 heterocycles. The summed E-state index contributed by atoms with van der Waals surface area (Å²) in [6.07, 6.45) is 0. The van der Waals surface area contributed by atoms with Crippen molar-refractivity contribution in [2.75, 3.05) is 14.7 Å². The minimum Gasteiger partial charge on any atom is -0.311 e.